The van der Waals surface area contributed by atoms with Gasteiger partial charge in [0, 0.05) is 25.2 Å². The minimum absolute atomic E-state index is 0.145. The van der Waals surface area contributed by atoms with Gasteiger partial charge in [-0.05, 0) is 55.7 Å². The number of carbonyl (C=O) groups is 1. The molecule has 1 aliphatic carbocycles. The molecule has 0 aromatic heterocycles. The van der Waals surface area contributed by atoms with Crippen LogP contribution < -0.4 is 11.1 Å². The molecule has 5 nitrogen and oxygen atoms in total. The first-order valence-corrected chi connectivity index (χ1v) is 9.14. The van der Waals surface area contributed by atoms with Crippen molar-refractivity contribution in [2.75, 3.05) is 19.6 Å². The van der Waals surface area contributed by atoms with Gasteiger partial charge in [0.15, 0.2) is 5.96 Å². The zero-order valence-electron chi connectivity index (χ0n) is 14.3. The number of aliphatic imine (C=N–C) groups is 1. The number of nitrogens with one attached hydrogen (secondary N) is 1. The van der Waals surface area contributed by atoms with E-state index in [0.29, 0.717) is 12.5 Å². The van der Waals surface area contributed by atoms with Gasteiger partial charge in [-0.25, -0.2) is 4.99 Å². The number of piperidine rings is 1. The molecule has 1 heterocycles. The lowest BCUT2D eigenvalue weighted by molar-refractivity contribution is 0.0724. The van der Waals surface area contributed by atoms with Crippen LogP contribution in [0.2, 0.25) is 0 Å². The SMILES string of the molecule is NC(=NCc1ccc(C(=O)N2CCCCC2)cc1)NCC1CCC1. The molecule has 0 spiro atoms. The molecule has 3 N–H and O–H groups in total. The monoisotopic (exact) mass is 328 g/mol. The van der Waals surface area contributed by atoms with E-state index in [1.165, 1.54) is 25.7 Å². The Morgan fingerprint density at radius 3 is 2.46 bits per heavy atom. The Kier molecular flexibility index (Phi) is 5.72. The maximum atomic E-state index is 12.4. The van der Waals surface area contributed by atoms with E-state index in [2.05, 4.69) is 10.3 Å². The van der Waals surface area contributed by atoms with E-state index in [9.17, 15) is 4.79 Å². The number of guanidine groups is 1. The van der Waals surface area contributed by atoms with Crippen LogP contribution in [0.3, 0.4) is 0 Å². The molecule has 0 bridgehead atoms. The Labute approximate surface area is 144 Å². The first kappa shape index (κ1) is 16.8. The van der Waals surface area contributed by atoms with Gasteiger partial charge in [-0.1, -0.05) is 18.6 Å². The van der Waals surface area contributed by atoms with Gasteiger partial charge in [-0.15, -0.1) is 0 Å². The largest absolute Gasteiger partial charge is 0.370 e. The first-order valence-electron chi connectivity index (χ1n) is 9.14. The summed E-state index contributed by atoms with van der Waals surface area (Å²) in [6, 6.07) is 7.75. The number of rotatable bonds is 5. The van der Waals surface area contributed by atoms with Gasteiger partial charge in [0.2, 0.25) is 0 Å². The van der Waals surface area contributed by atoms with Crippen LogP contribution in [0, 0.1) is 5.92 Å². The van der Waals surface area contributed by atoms with Crippen LogP contribution in [0.15, 0.2) is 29.3 Å². The van der Waals surface area contributed by atoms with Crippen molar-refractivity contribution in [1.29, 1.82) is 0 Å². The maximum absolute atomic E-state index is 12.4. The highest BCUT2D eigenvalue weighted by atomic mass is 16.2. The van der Waals surface area contributed by atoms with Crippen molar-refractivity contribution in [2.45, 2.75) is 45.1 Å². The summed E-state index contributed by atoms with van der Waals surface area (Å²) < 4.78 is 0. The van der Waals surface area contributed by atoms with Crippen LogP contribution in [0.25, 0.3) is 0 Å². The van der Waals surface area contributed by atoms with Crippen molar-refractivity contribution in [2.24, 2.45) is 16.6 Å². The molecule has 3 rings (SSSR count). The zero-order valence-corrected chi connectivity index (χ0v) is 14.3. The molecule has 1 amide bonds. The van der Waals surface area contributed by atoms with Crippen LogP contribution in [0.5, 0.6) is 0 Å². The lowest BCUT2D eigenvalue weighted by atomic mass is 9.85. The predicted octanol–water partition coefficient (Wildman–Crippen LogP) is 2.52. The molecule has 2 aliphatic rings. The van der Waals surface area contributed by atoms with Crippen LogP contribution in [-0.4, -0.2) is 36.4 Å². The lowest BCUT2D eigenvalue weighted by Crippen LogP contribution is -2.37. The average Bonchev–Trinajstić information content (AvgIpc) is 2.59. The Bertz CT molecular complexity index is 572. The molecule has 1 aromatic carbocycles. The summed E-state index contributed by atoms with van der Waals surface area (Å²) in [5, 5.41) is 3.19. The summed E-state index contributed by atoms with van der Waals surface area (Å²) in [7, 11) is 0. The lowest BCUT2D eigenvalue weighted by Gasteiger charge is -2.26. The number of amides is 1. The maximum Gasteiger partial charge on any atom is 0.253 e. The molecular weight excluding hydrogens is 300 g/mol. The summed E-state index contributed by atoms with van der Waals surface area (Å²) in [6.45, 7) is 3.24. The second-order valence-corrected chi connectivity index (χ2v) is 6.93. The van der Waals surface area contributed by atoms with Gasteiger partial charge in [0.05, 0.1) is 6.54 Å². The number of nitrogens with two attached hydrogens (primary N) is 1. The fraction of sp³-hybridized carbons (Fsp3) is 0.579. The summed E-state index contributed by atoms with van der Waals surface area (Å²) in [4.78, 5) is 18.8. The zero-order chi connectivity index (χ0) is 16.8. The van der Waals surface area contributed by atoms with Crippen molar-refractivity contribution < 1.29 is 4.79 Å². The standard InChI is InChI=1S/C19H28N4O/c20-19(21-13-15-5-4-6-15)22-14-16-7-9-17(10-8-16)18(24)23-11-2-1-3-12-23/h7-10,15H,1-6,11-14H2,(H3,20,21,22). The molecule has 1 aliphatic heterocycles. The normalized spacial score (nSPS) is 19.0. The van der Waals surface area contributed by atoms with Crippen LogP contribution >= 0.6 is 0 Å². The molecule has 0 radical (unpaired) electrons. The van der Waals surface area contributed by atoms with Gasteiger partial charge in [-0.2, -0.15) is 0 Å². The average molecular weight is 328 g/mol. The van der Waals surface area contributed by atoms with Gasteiger partial charge < -0.3 is 16.0 Å². The van der Waals surface area contributed by atoms with E-state index >= 15 is 0 Å². The number of likely N-dealkylation sites (tertiary alicyclic amines) is 1. The highest BCUT2D eigenvalue weighted by Crippen LogP contribution is 2.25. The molecule has 1 aromatic rings. The molecule has 0 unspecified atom stereocenters. The summed E-state index contributed by atoms with van der Waals surface area (Å²) in [6.07, 6.45) is 7.40. The minimum Gasteiger partial charge on any atom is -0.370 e. The molecule has 0 atom stereocenters. The Balaban J connectivity index is 1.49. The molecule has 5 heteroatoms. The second-order valence-electron chi connectivity index (χ2n) is 6.93. The third kappa shape index (κ3) is 4.49. The predicted molar refractivity (Wildman–Crippen MR) is 96.9 cm³/mol. The molecule has 1 saturated carbocycles. The van der Waals surface area contributed by atoms with Crippen molar-refractivity contribution in [1.82, 2.24) is 10.2 Å². The molecule has 1 saturated heterocycles. The third-order valence-electron chi connectivity index (χ3n) is 5.07. The van der Waals surface area contributed by atoms with Crippen LogP contribution in [0.4, 0.5) is 0 Å². The second kappa shape index (κ2) is 8.18. The van der Waals surface area contributed by atoms with E-state index in [0.717, 1.165) is 49.5 Å². The summed E-state index contributed by atoms with van der Waals surface area (Å²) in [5.41, 5.74) is 7.74. The number of nitrogens with zero attached hydrogens (tertiary/aromatic N) is 2. The van der Waals surface area contributed by atoms with E-state index in [1.807, 2.05) is 29.2 Å². The smallest absolute Gasteiger partial charge is 0.253 e. The number of benzene rings is 1. The van der Waals surface area contributed by atoms with Crippen molar-refractivity contribution >= 4 is 11.9 Å². The quantitative estimate of drug-likeness (QED) is 0.644. The Hall–Kier alpha value is -2.04. The number of hydrogen-bond acceptors (Lipinski definition) is 2. The van der Waals surface area contributed by atoms with E-state index < -0.39 is 0 Å². The van der Waals surface area contributed by atoms with Crippen LogP contribution in [0.1, 0.15) is 54.4 Å². The van der Waals surface area contributed by atoms with E-state index in [4.69, 9.17) is 5.73 Å². The van der Waals surface area contributed by atoms with Gasteiger partial charge in [0.25, 0.3) is 5.91 Å². The van der Waals surface area contributed by atoms with Crippen molar-refractivity contribution in [3.8, 4) is 0 Å². The van der Waals surface area contributed by atoms with Crippen molar-refractivity contribution in [3.05, 3.63) is 35.4 Å². The summed E-state index contributed by atoms with van der Waals surface area (Å²) in [5.74, 6) is 1.42. The van der Waals surface area contributed by atoms with Crippen molar-refractivity contribution in [3.63, 3.8) is 0 Å². The van der Waals surface area contributed by atoms with E-state index in [1.54, 1.807) is 0 Å². The summed E-state index contributed by atoms with van der Waals surface area (Å²) >= 11 is 0. The molecule has 130 valence electrons. The van der Waals surface area contributed by atoms with E-state index in [-0.39, 0.29) is 5.91 Å². The van der Waals surface area contributed by atoms with Gasteiger partial charge in [-0.3, -0.25) is 4.79 Å². The Morgan fingerprint density at radius 2 is 1.83 bits per heavy atom. The van der Waals surface area contributed by atoms with Gasteiger partial charge in [0.1, 0.15) is 0 Å². The molecule has 24 heavy (non-hydrogen) atoms. The topological polar surface area (TPSA) is 70.7 Å². The third-order valence-corrected chi connectivity index (χ3v) is 5.07. The first-order chi connectivity index (χ1) is 11.7. The highest BCUT2D eigenvalue weighted by Gasteiger charge is 2.18. The minimum atomic E-state index is 0.145. The molecule has 2 fully saturated rings. The van der Waals surface area contributed by atoms with Gasteiger partial charge >= 0.3 is 0 Å². The fourth-order valence-corrected chi connectivity index (χ4v) is 3.21. The number of hydrogen-bond donors (Lipinski definition) is 2. The molecular formula is C19H28N4O. The fourth-order valence-electron chi connectivity index (χ4n) is 3.21. The number of carbonyl (C=O) groups excluding carboxylic acids is 1. The highest BCUT2D eigenvalue weighted by molar-refractivity contribution is 5.94. The Morgan fingerprint density at radius 1 is 1.12 bits per heavy atom. The van der Waals surface area contributed by atoms with Crippen LogP contribution in [-0.2, 0) is 6.54 Å².